The fourth-order valence-electron chi connectivity index (χ4n) is 4.81. The molecule has 0 radical (unpaired) electrons. The Morgan fingerprint density at radius 2 is 1.87 bits per heavy atom. The Labute approximate surface area is 189 Å². The van der Waals surface area contributed by atoms with Crippen molar-refractivity contribution in [3.05, 3.63) is 82.7 Å². The van der Waals surface area contributed by atoms with Crippen LogP contribution < -0.4 is 11.4 Å². The van der Waals surface area contributed by atoms with Crippen molar-refractivity contribution in [3.63, 3.8) is 0 Å². The summed E-state index contributed by atoms with van der Waals surface area (Å²) in [6.07, 6.45) is 3.38. The summed E-state index contributed by atoms with van der Waals surface area (Å²) < 4.78 is 4.18. The second-order valence-electron chi connectivity index (χ2n) is 8.03. The largest absolute Gasteiger partial charge is 0.508 e. The molecule has 2 aliphatic carbocycles. The number of hydrogen-bond acceptors (Lipinski definition) is 5. The van der Waals surface area contributed by atoms with Crippen molar-refractivity contribution < 1.29 is 14.7 Å². The Kier molecular flexibility index (Phi) is 4.37. The quantitative estimate of drug-likeness (QED) is 0.344. The summed E-state index contributed by atoms with van der Waals surface area (Å²) in [4.78, 5) is 51.5. The number of aromatic hydroxyl groups is 1. The molecule has 31 heavy (non-hydrogen) atoms. The molecule has 1 aliphatic heterocycles. The maximum Gasteiger partial charge on any atom is 0.347 e. The van der Waals surface area contributed by atoms with Crippen molar-refractivity contribution in [1.29, 1.82) is 0 Å². The molecule has 2 unspecified atom stereocenters. The van der Waals surface area contributed by atoms with Gasteiger partial charge < -0.3 is 5.11 Å². The number of carbonyl (C=O) groups excluding carboxylic acids is 2. The van der Waals surface area contributed by atoms with Crippen LogP contribution in [0.2, 0.25) is 0 Å². The molecule has 1 aromatic heterocycles. The van der Waals surface area contributed by atoms with Gasteiger partial charge in [0.15, 0.2) is 11.6 Å². The molecule has 158 valence electrons. The number of Topliss-reactive ketones (excluding diaryl/α,β-unsaturated/α-hetero) is 1. The lowest BCUT2D eigenvalue weighted by Gasteiger charge is -2.39. The molecule has 0 bridgehead atoms. The Morgan fingerprint density at radius 1 is 1.13 bits per heavy atom. The summed E-state index contributed by atoms with van der Waals surface area (Å²) in [7, 11) is 1.43. The van der Waals surface area contributed by atoms with Gasteiger partial charge in [0.1, 0.15) is 5.75 Å². The number of aromatic nitrogens is 3. The van der Waals surface area contributed by atoms with Crippen LogP contribution in [0.3, 0.4) is 0 Å². The summed E-state index contributed by atoms with van der Waals surface area (Å²) >= 11 is 1.88. The number of benzene rings is 1. The number of nitrogens with zero attached hydrogens (tertiary/aromatic N) is 3. The highest BCUT2D eigenvalue weighted by Gasteiger charge is 2.44. The van der Waals surface area contributed by atoms with Gasteiger partial charge in [-0.05, 0) is 52.3 Å². The molecule has 2 aromatic rings. The van der Waals surface area contributed by atoms with E-state index in [1.807, 2.05) is 28.7 Å². The van der Waals surface area contributed by atoms with E-state index >= 15 is 0 Å². The number of phenolic OH excluding ortho intramolecular Hbond substituents is 1. The molecule has 5 rings (SSSR count). The normalized spacial score (nSPS) is 22.5. The second kappa shape index (κ2) is 6.78. The molecular formula is C22H18IN3O5. The Morgan fingerprint density at radius 3 is 2.58 bits per heavy atom. The number of rotatable bonds is 1. The predicted molar refractivity (Wildman–Crippen MR) is 120 cm³/mol. The zero-order valence-corrected chi connectivity index (χ0v) is 18.9. The molecule has 9 heteroatoms. The number of carbonyl (C=O) groups is 2. The highest BCUT2D eigenvalue weighted by Crippen LogP contribution is 2.50. The van der Waals surface area contributed by atoms with Crippen molar-refractivity contribution in [2.24, 2.45) is 7.05 Å². The van der Waals surface area contributed by atoms with Crippen LogP contribution in [0.4, 0.5) is 0 Å². The number of allylic oxidation sites excluding steroid dienone is 6. The molecule has 0 saturated carbocycles. The molecule has 2 atom stereocenters. The van der Waals surface area contributed by atoms with Gasteiger partial charge >= 0.3 is 11.4 Å². The number of halogens is 1. The van der Waals surface area contributed by atoms with Crippen LogP contribution in [0.5, 0.6) is 5.75 Å². The first-order valence-corrected chi connectivity index (χ1v) is 10.9. The van der Waals surface area contributed by atoms with Crippen LogP contribution in [0.25, 0.3) is 0 Å². The van der Waals surface area contributed by atoms with Gasteiger partial charge in [-0.2, -0.15) is 0 Å². The third-order valence-corrected chi connectivity index (χ3v) is 7.15. The van der Waals surface area contributed by atoms with E-state index in [1.54, 1.807) is 25.1 Å². The standard InChI is InChI=1S/C22H18IN3O5/c1-10-7-11(3-4-16(10)27)18-12-5-6-25-21(30)24(2)22(31)26(25)15(12)8-13-17(28)9-14(23)20(29)19(13)18/h3-5,7,9,15,18,27H,6,8H2,1-2H3. The van der Waals surface area contributed by atoms with Crippen molar-refractivity contribution >= 4 is 34.2 Å². The molecule has 0 spiro atoms. The molecule has 0 fully saturated rings. The second-order valence-corrected chi connectivity index (χ2v) is 9.19. The summed E-state index contributed by atoms with van der Waals surface area (Å²) in [5.41, 5.74) is 2.13. The average molecular weight is 531 g/mol. The SMILES string of the molecule is Cc1cc(C2C3=CCn4c(=O)n(C)c(=O)n4C3CC3=C2C(=O)C(I)=CC3=O)ccc1O. The fourth-order valence-corrected chi connectivity index (χ4v) is 5.39. The van der Waals surface area contributed by atoms with Crippen LogP contribution >= 0.6 is 22.6 Å². The maximum absolute atomic E-state index is 13.2. The third-order valence-electron chi connectivity index (χ3n) is 6.35. The number of phenols is 1. The third kappa shape index (κ3) is 2.72. The maximum atomic E-state index is 13.2. The number of ketones is 2. The van der Waals surface area contributed by atoms with Gasteiger partial charge in [-0.3, -0.25) is 9.59 Å². The van der Waals surface area contributed by atoms with Crippen molar-refractivity contribution in [1.82, 2.24) is 13.9 Å². The fraction of sp³-hybridized carbons (Fsp3) is 0.273. The minimum Gasteiger partial charge on any atom is -0.508 e. The van der Waals surface area contributed by atoms with E-state index in [-0.39, 0.29) is 30.3 Å². The zero-order chi connectivity index (χ0) is 22.2. The van der Waals surface area contributed by atoms with Crippen molar-refractivity contribution in [2.45, 2.75) is 31.8 Å². The minimum absolute atomic E-state index is 0.136. The number of aryl methyl sites for hydroxylation is 1. The summed E-state index contributed by atoms with van der Waals surface area (Å²) in [6.45, 7) is 1.96. The summed E-state index contributed by atoms with van der Waals surface area (Å²) in [5, 5.41) is 10.00. The van der Waals surface area contributed by atoms with Crippen LogP contribution in [-0.4, -0.2) is 30.6 Å². The van der Waals surface area contributed by atoms with E-state index in [0.29, 0.717) is 20.3 Å². The average Bonchev–Trinajstić information content (AvgIpc) is 2.97. The van der Waals surface area contributed by atoms with E-state index in [0.717, 1.165) is 15.7 Å². The first-order chi connectivity index (χ1) is 14.7. The van der Waals surface area contributed by atoms with Gasteiger partial charge in [-0.25, -0.2) is 23.5 Å². The Hall–Kier alpha value is -2.95. The highest BCUT2D eigenvalue weighted by molar-refractivity contribution is 14.1. The van der Waals surface area contributed by atoms with Crippen molar-refractivity contribution in [2.75, 3.05) is 0 Å². The van der Waals surface area contributed by atoms with E-state index < -0.39 is 23.3 Å². The van der Waals surface area contributed by atoms with E-state index in [1.165, 1.54) is 22.5 Å². The van der Waals surface area contributed by atoms with Gasteiger partial charge in [0.05, 0.1) is 16.2 Å². The lowest BCUT2D eigenvalue weighted by molar-refractivity contribution is -0.115. The molecule has 0 saturated heterocycles. The topological polar surface area (TPSA) is 103 Å². The van der Waals surface area contributed by atoms with Gasteiger partial charge in [0.25, 0.3) is 0 Å². The first kappa shape index (κ1) is 20.0. The molecule has 3 aliphatic rings. The number of hydrogen-bond donors (Lipinski definition) is 1. The monoisotopic (exact) mass is 531 g/mol. The smallest absolute Gasteiger partial charge is 0.347 e. The minimum atomic E-state index is -0.547. The molecule has 1 aromatic carbocycles. The van der Waals surface area contributed by atoms with Crippen LogP contribution in [0.15, 0.2) is 60.2 Å². The predicted octanol–water partition coefficient (Wildman–Crippen LogP) is 1.80. The van der Waals surface area contributed by atoms with Gasteiger partial charge in [-0.15, -0.1) is 0 Å². The highest BCUT2D eigenvalue weighted by atomic mass is 127. The lowest BCUT2D eigenvalue weighted by Crippen LogP contribution is -2.40. The van der Waals surface area contributed by atoms with Crippen LogP contribution in [0, 0.1) is 6.92 Å². The van der Waals surface area contributed by atoms with E-state index in [2.05, 4.69) is 0 Å². The van der Waals surface area contributed by atoms with E-state index in [9.17, 15) is 24.3 Å². The zero-order valence-electron chi connectivity index (χ0n) is 16.8. The molecular weight excluding hydrogens is 513 g/mol. The van der Waals surface area contributed by atoms with Crippen LogP contribution in [-0.2, 0) is 23.2 Å². The van der Waals surface area contributed by atoms with Crippen LogP contribution in [0.1, 0.15) is 29.5 Å². The number of fused-ring (bicyclic) bond motifs is 3. The summed E-state index contributed by atoms with van der Waals surface area (Å²) in [5.74, 6) is -0.855. The molecule has 8 nitrogen and oxygen atoms in total. The van der Waals surface area contributed by atoms with Crippen molar-refractivity contribution in [3.8, 4) is 5.75 Å². The van der Waals surface area contributed by atoms with E-state index in [4.69, 9.17) is 0 Å². The van der Waals surface area contributed by atoms with Gasteiger partial charge in [0, 0.05) is 36.6 Å². The Balaban J connectivity index is 1.80. The lowest BCUT2D eigenvalue weighted by atomic mass is 9.68. The first-order valence-electron chi connectivity index (χ1n) is 9.77. The van der Waals surface area contributed by atoms with Gasteiger partial charge in [-0.1, -0.05) is 18.2 Å². The summed E-state index contributed by atoms with van der Waals surface area (Å²) in [6, 6.07) is 4.55. The molecule has 2 heterocycles. The molecule has 1 N–H and O–H groups in total. The van der Waals surface area contributed by atoms with Gasteiger partial charge in [0.2, 0.25) is 0 Å². The Bertz CT molecular complexity index is 1420. The molecule has 0 amide bonds.